The van der Waals surface area contributed by atoms with Gasteiger partial charge in [-0.2, -0.15) is 0 Å². The summed E-state index contributed by atoms with van der Waals surface area (Å²) in [5.74, 6) is 0.850. The molecule has 2 aromatic heterocycles. The average molecular weight is 492 g/mol. The van der Waals surface area contributed by atoms with Crippen molar-refractivity contribution < 1.29 is 4.74 Å². The average Bonchev–Trinajstić information content (AvgIpc) is 3.39. The number of anilines is 3. The Morgan fingerprint density at radius 3 is 1.93 bits per heavy atom. The number of halogens is 1. The molecule has 0 aliphatic carbocycles. The second-order valence-corrected chi connectivity index (χ2v) is 9.76. The number of fused-ring (bicyclic) bond motifs is 1. The molecular weight excluding hydrogens is 474 g/mol. The molecule has 0 saturated carbocycles. The fraction of sp³-hybridized carbons (Fsp3) is 0.0400. The molecule has 0 radical (unpaired) electrons. The number of ether oxygens (including phenoxy) is 1. The van der Waals surface area contributed by atoms with Crippen molar-refractivity contribution in [2.24, 2.45) is 0 Å². The van der Waals surface area contributed by atoms with Crippen molar-refractivity contribution in [3.8, 4) is 16.2 Å². The molecule has 0 atom stereocenters. The first-order chi connectivity index (χ1) is 14.7. The zero-order valence-corrected chi connectivity index (χ0v) is 19.4. The summed E-state index contributed by atoms with van der Waals surface area (Å²) in [7, 11) is 1.69. The SMILES string of the molecule is COc1ccc(N(c2ccc(Br)cc2)c2ccc(-c3cc4sccc4s3)cc2)cc1. The number of hydrogen-bond donors (Lipinski definition) is 0. The Morgan fingerprint density at radius 2 is 1.33 bits per heavy atom. The lowest BCUT2D eigenvalue weighted by Gasteiger charge is -2.26. The van der Waals surface area contributed by atoms with E-state index in [0.29, 0.717) is 0 Å². The minimum atomic E-state index is 0.850. The van der Waals surface area contributed by atoms with Gasteiger partial charge in [-0.05, 0) is 83.7 Å². The van der Waals surface area contributed by atoms with E-state index in [1.54, 1.807) is 18.4 Å². The van der Waals surface area contributed by atoms with Gasteiger partial charge in [0.2, 0.25) is 0 Å². The number of nitrogens with zero attached hydrogens (tertiary/aromatic N) is 1. The highest BCUT2D eigenvalue weighted by atomic mass is 79.9. The molecule has 148 valence electrons. The lowest BCUT2D eigenvalue weighted by Crippen LogP contribution is -2.09. The van der Waals surface area contributed by atoms with Crippen LogP contribution in [-0.2, 0) is 0 Å². The van der Waals surface area contributed by atoms with Crippen LogP contribution in [0.4, 0.5) is 17.1 Å². The maximum Gasteiger partial charge on any atom is 0.119 e. The molecule has 0 saturated heterocycles. The van der Waals surface area contributed by atoms with E-state index in [1.165, 1.54) is 19.8 Å². The summed E-state index contributed by atoms with van der Waals surface area (Å²) < 4.78 is 9.11. The Bertz CT molecular complexity index is 1240. The highest BCUT2D eigenvalue weighted by Gasteiger charge is 2.13. The van der Waals surface area contributed by atoms with Crippen molar-refractivity contribution in [2.75, 3.05) is 12.0 Å². The number of methoxy groups -OCH3 is 1. The van der Waals surface area contributed by atoms with Crippen LogP contribution in [0.3, 0.4) is 0 Å². The van der Waals surface area contributed by atoms with Crippen LogP contribution in [0.2, 0.25) is 0 Å². The van der Waals surface area contributed by atoms with E-state index in [-0.39, 0.29) is 0 Å². The molecule has 0 fully saturated rings. The fourth-order valence-corrected chi connectivity index (χ4v) is 5.83. The van der Waals surface area contributed by atoms with Crippen molar-refractivity contribution in [1.82, 2.24) is 0 Å². The summed E-state index contributed by atoms with van der Waals surface area (Å²) in [6.45, 7) is 0. The highest BCUT2D eigenvalue weighted by Crippen LogP contribution is 2.39. The minimum Gasteiger partial charge on any atom is -0.497 e. The third-order valence-corrected chi connectivity index (χ3v) is 7.64. The van der Waals surface area contributed by atoms with Crippen molar-refractivity contribution >= 4 is 65.1 Å². The second-order valence-electron chi connectivity index (χ2n) is 6.82. The Balaban J connectivity index is 1.54. The first-order valence-corrected chi connectivity index (χ1v) is 12.0. The monoisotopic (exact) mass is 491 g/mol. The summed E-state index contributed by atoms with van der Waals surface area (Å²) in [6, 6.07) is 29.8. The molecule has 5 aromatic rings. The van der Waals surface area contributed by atoms with Crippen LogP contribution >= 0.6 is 38.6 Å². The van der Waals surface area contributed by atoms with Gasteiger partial charge in [0.05, 0.1) is 7.11 Å². The Labute approximate surface area is 192 Å². The van der Waals surface area contributed by atoms with E-state index in [0.717, 1.165) is 27.3 Å². The second kappa shape index (κ2) is 8.26. The van der Waals surface area contributed by atoms with Crippen LogP contribution in [-0.4, -0.2) is 7.11 Å². The molecule has 5 rings (SSSR count). The van der Waals surface area contributed by atoms with E-state index in [2.05, 4.69) is 99.0 Å². The third kappa shape index (κ3) is 3.76. The molecule has 0 aliphatic rings. The smallest absolute Gasteiger partial charge is 0.119 e. The van der Waals surface area contributed by atoms with E-state index >= 15 is 0 Å². The van der Waals surface area contributed by atoms with E-state index < -0.39 is 0 Å². The van der Waals surface area contributed by atoms with E-state index in [1.807, 2.05) is 23.5 Å². The molecule has 0 amide bonds. The Morgan fingerprint density at radius 1 is 0.733 bits per heavy atom. The molecule has 0 spiro atoms. The van der Waals surface area contributed by atoms with Gasteiger partial charge in [0.15, 0.2) is 0 Å². The van der Waals surface area contributed by atoms with Crippen molar-refractivity contribution in [3.05, 3.63) is 94.8 Å². The van der Waals surface area contributed by atoms with Gasteiger partial charge < -0.3 is 9.64 Å². The quantitative estimate of drug-likeness (QED) is 0.243. The number of hydrogen-bond acceptors (Lipinski definition) is 4. The normalized spacial score (nSPS) is 11.0. The summed E-state index contributed by atoms with van der Waals surface area (Å²) in [5, 5.41) is 2.15. The van der Waals surface area contributed by atoms with E-state index in [9.17, 15) is 0 Å². The Kier molecular flexibility index (Phi) is 5.34. The van der Waals surface area contributed by atoms with Crippen LogP contribution in [0.1, 0.15) is 0 Å². The van der Waals surface area contributed by atoms with Gasteiger partial charge in [0, 0.05) is 35.8 Å². The van der Waals surface area contributed by atoms with Gasteiger partial charge in [-0.15, -0.1) is 22.7 Å². The topological polar surface area (TPSA) is 12.5 Å². The highest BCUT2D eigenvalue weighted by molar-refractivity contribution is 9.10. The van der Waals surface area contributed by atoms with Crippen molar-refractivity contribution in [1.29, 1.82) is 0 Å². The predicted molar refractivity (Wildman–Crippen MR) is 134 cm³/mol. The standard InChI is InChI=1S/C25H18BrNOS2/c1-28-22-12-10-21(11-13-22)27(20-8-4-18(26)5-9-20)19-6-2-17(3-7-19)24-16-25-23(30-24)14-15-29-25/h2-16H,1H3. The van der Waals surface area contributed by atoms with Crippen LogP contribution in [0, 0.1) is 0 Å². The number of thiophene rings is 2. The summed E-state index contributed by atoms with van der Waals surface area (Å²) in [4.78, 5) is 3.56. The van der Waals surface area contributed by atoms with E-state index in [4.69, 9.17) is 4.74 Å². The van der Waals surface area contributed by atoms with Crippen LogP contribution in [0.25, 0.3) is 19.8 Å². The fourth-order valence-electron chi connectivity index (χ4n) is 3.45. The first kappa shape index (κ1) is 19.4. The van der Waals surface area contributed by atoms with Crippen LogP contribution < -0.4 is 9.64 Å². The lowest BCUT2D eigenvalue weighted by atomic mass is 10.1. The van der Waals surface area contributed by atoms with Crippen LogP contribution in [0.5, 0.6) is 5.75 Å². The lowest BCUT2D eigenvalue weighted by molar-refractivity contribution is 0.415. The van der Waals surface area contributed by atoms with Crippen LogP contribution in [0.15, 0.2) is 94.8 Å². The summed E-state index contributed by atoms with van der Waals surface area (Å²) in [6.07, 6.45) is 0. The molecule has 3 aromatic carbocycles. The molecule has 2 nitrogen and oxygen atoms in total. The largest absolute Gasteiger partial charge is 0.497 e. The molecule has 5 heteroatoms. The van der Waals surface area contributed by atoms with Gasteiger partial charge >= 0.3 is 0 Å². The molecule has 0 unspecified atom stereocenters. The molecule has 30 heavy (non-hydrogen) atoms. The maximum atomic E-state index is 5.34. The van der Waals surface area contributed by atoms with Crippen molar-refractivity contribution in [3.63, 3.8) is 0 Å². The summed E-state index contributed by atoms with van der Waals surface area (Å²) >= 11 is 7.18. The van der Waals surface area contributed by atoms with Crippen molar-refractivity contribution in [2.45, 2.75) is 0 Å². The summed E-state index contributed by atoms with van der Waals surface area (Å²) in [5.41, 5.74) is 4.55. The first-order valence-electron chi connectivity index (χ1n) is 9.48. The minimum absolute atomic E-state index is 0.850. The molecule has 0 bridgehead atoms. The number of benzene rings is 3. The van der Waals surface area contributed by atoms with Gasteiger partial charge in [-0.25, -0.2) is 0 Å². The molecular formula is C25H18BrNOS2. The number of rotatable bonds is 5. The van der Waals surface area contributed by atoms with Gasteiger partial charge in [-0.1, -0.05) is 28.1 Å². The zero-order valence-electron chi connectivity index (χ0n) is 16.2. The Hall–Kier alpha value is -2.60. The van der Waals surface area contributed by atoms with Gasteiger partial charge in [0.1, 0.15) is 5.75 Å². The third-order valence-electron chi connectivity index (χ3n) is 4.96. The molecule has 0 N–H and O–H groups in total. The maximum absolute atomic E-state index is 5.34. The zero-order chi connectivity index (χ0) is 20.5. The van der Waals surface area contributed by atoms with Gasteiger partial charge in [0.25, 0.3) is 0 Å². The van der Waals surface area contributed by atoms with Gasteiger partial charge in [-0.3, -0.25) is 0 Å². The molecule has 2 heterocycles. The molecule has 0 aliphatic heterocycles. The predicted octanol–water partition coefficient (Wildman–Crippen LogP) is 8.87.